The largest absolute Gasteiger partial charge is 0.311 e. The van der Waals surface area contributed by atoms with Crippen LogP contribution < -0.4 is 31.1 Å². The molecule has 7 aromatic rings. The maximum absolute atomic E-state index is 2.48. The highest BCUT2D eigenvalue weighted by molar-refractivity contribution is 7.00. The molecule has 10 rings (SSSR count). The Morgan fingerprint density at radius 2 is 1.04 bits per heavy atom. The second-order valence-electron chi connectivity index (χ2n) is 14.2. The van der Waals surface area contributed by atoms with Crippen LogP contribution in [0.25, 0.3) is 0 Å². The maximum atomic E-state index is 2.48. The number of anilines is 8. The molecule has 0 amide bonds. The van der Waals surface area contributed by atoms with Gasteiger partial charge in [0.05, 0.1) is 0 Å². The topological polar surface area (TPSA) is 9.72 Å². The first kappa shape index (κ1) is 31.2. The third kappa shape index (κ3) is 5.21. The first-order valence-electron chi connectivity index (χ1n) is 18.6. The molecule has 252 valence electrons. The van der Waals surface area contributed by atoms with E-state index in [-0.39, 0.29) is 12.6 Å². The van der Waals surface area contributed by atoms with Crippen molar-refractivity contribution in [1.29, 1.82) is 0 Å². The van der Waals surface area contributed by atoms with Gasteiger partial charge in [-0.2, -0.15) is 0 Å². The second-order valence-corrected chi connectivity index (χ2v) is 14.2. The van der Waals surface area contributed by atoms with Crippen LogP contribution in [0.5, 0.6) is 0 Å². The molecular formula is C49H38BN3. The van der Waals surface area contributed by atoms with E-state index >= 15 is 0 Å². The molecule has 0 fully saturated rings. The first-order valence-corrected chi connectivity index (χ1v) is 18.6. The van der Waals surface area contributed by atoms with Crippen LogP contribution in [0.2, 0.25) is 0 Å². The molecule has 53 heavy (non-hydrogen) atoms. The van der Waals surface area contributed by atoms with Gasteiger partial charge in [0.2, 0.25) is 0 Å². The van der Waals surface area contributed by atoms with Crippen molar-refractivity contribution in [3.8, 4) is 0 Å². The van der Waals surface area contributed by atoms with Crippen molar-refractivity contribution in [2.24, 2.45) is 5.92 Å². The van der Waals surface area contributed by atoms with Crippen LogP contribution in [0.4, 0.5) is 45.5 Å². The number of para-hydroxylation sites is 4. The van der Waals surface area contributed by atoms with Crippen LogP contribution in [0.3, 0.4) is 0 Å². The molecule has 0 saturated heterocycles. The molecule has 2 atom stereocenters. The lowest BCUT2D eigenvalue weighted by atomic mass is 9.33. The molecule has 4 heteroatoms. The van der Waals surface area contributed by atoms with E-state index in [0.29, 0.717) is 5.92 Å². The number of nitrogens with zero attached hydrogens (tertiary/aromatic N) is 3. The molecule has 0 radical (unpaired) electrons. The Labute approximate surface area is 312 Å². The van der Waals surface area contributed by atoms with Crippen LogP contribution in [0, 0.1) is 5.92 Å². The number of benzene rings is 7. The smallest absolute Gasteiger partial charge is 0.252 e. The van der Waals surface area contributed by atoms with Gasteiger partial charge in [0.15, 0.2) is 0 Å². The number of fused-ring (bicyclic) bond motifs is 4. The van der Waals surface area contributed by atoms with Crippen LogP contribution in [0.1, 0.15) is 18.4 Å². The molecule has 3 aliphatic rings. The zero-order valence-electron chi connectivity index (χ0n) is 29.6. The van der Waals surface area contributed by atoms with Crippen molar-refractivity contribution in [3.05, 3.63) is 211 Å². The number of hydrogen-bond acceptors (Lipinski definition) is 3. The predicted molar refractivity (Wildman–Crippen MR) is 225 cm³/mol. The van der Waals surface area contributed by atoms with E-state index in [9.17, 15) is 0 Å². The molecule has 0 saturated carbocycles. The summed E-state index contributed by atoms with van der Waals surface area (Å²) in [6, 6.07) is 66.3. The van der Waals surface area contributed by atoms with Gasteiger partial charge >= 0.3 is 0 Å². The average Bonchev–Trinajstić information content (AvgIpc) is 3.23. The third-order valence-corrected chi connectivity index (χ3v) is 11.1. The quantitative estimate of drug-likeness (QED) is 0.162. The van der Waals surface area contributed by atoms with E-state index in [1.165, 1.54) is 50.4 Å². The van der Waals surface area contributed by atoms with Crippen molar-refractivity contribution >= 4 is 68.6 Å². The number of allylic oxidation sites excluding steroid dienone is 3. The third-order valence-electron chi connectivity index (χ3n) is 11.1. The van der Waals surface area contributed by atoms with Crippen LogP contribution >= 0.6 is 0 Å². The molecule has 1 aliphatic carbocycles. The molecular weight excluding hydrogens is 641 g/mol. The van der Waals surface area contributed by atoms with Crippen LogP contribution in [0.15, 0.2) is 206 Å². The summed E-state index contributed by atoms with van der Waals surface area (Å²) < 4.78 is 0. The van der Waals surface area contributed by atoms with Gasteiger partial charge in [-0.3, -0.25) is 0 Å². The molecule has 7 aromatic carbocycles. The summed E-state index contributed by atoms with van der Waals surface area (Å²) in [5, 5.41) is 0. The highest BCUT2D eigenvalue weighted by Crippen LogP contribution is 2.45. The molecule has 2 unspecified atom stereocenters. The lowest BCUT2D eigenvalue weighted by molar-refractivity contribution is 0.629. The molecule has 0 N–H and O–H groups in total. The normalized spacial score (nSPS) is 16.7. The van der Waals surface area contributed by atoms with E-state index in [1.54, 1.807) is 0 Å². The Morgan fingerprint density at radius 1 is 0.491 bits per heavy atom. The molecule has 2 aliphatic heterocycles. The van der Waals surface area contributed by atoms with Crippen molar-refractivity contribution in [1.82, 2.24) is 0 Å². The van der Waals surface area contributed by atoms with Crippen molar-refractivity contribution in [3.63, 3.8) is 0 Å². The maximum Gasteiger partial charge on any atom is 0.252 e. The summed E-state index contributed by atoms with van der Waals surface area (Å²) in [5.41, 5.74) is 15.9. The average molecular weight is 680 g/mol. The van der Waals surface area contributed by atoms with Gasteiger partial charge in [0, 0.05) is 57.1 Å². The monoisotopic (exact) mass is 679 g/mol. The van der Waals surface area contributed by atoms with Gasteiger partial charge in [-0.25, -0.2) is 0 Å². The molecule has 0 aromatic heterocycles. The first-order chi connectivity index (χ1) is 26.2. The summed E-state index contributed by atoms with van der Waals surface area (Å²) in [4.78, 5) is 7.35. The lowest BCUT2D eigenvalue weighted by Crippen LogP contribution is -2.61. The van der Waals surface area contributed by atoms with Crippen molar-refractivity contribution < 1.29 is 0 Å². The minimum Gasteiger partial charge on any atom is -0.311 e. The van der Waals surface area contributed by atoms with E-state index in [0.717, 1.165) is 22.7 Å². The van der Waals surface area contributed by atoms with Gasteiger partial charge in [-0.15, -0.1) is 0 Å². The van der Waals surface area contributed by atoms with E-state index in [4.69, 9.17) is 0 Å². The molecule has 3 nitrogen and oxygen atoms in total. The van der Waals surface area contributed by atoms with Gasteiger partial charge in [0.1, 0.15) is 0 Å². The van der Waals surface area contributed by atoms with Gasteiger partial charge < -0.3 is 14.7 Å². The van der Waals surface area contributed by atoms with Crippen LogP contribution in [-0.4, -0.2) is 6.71 Å². The molecule has 2 heterocycles. The SMILES string of the molecule is CC1C=CC(N(c2ccccc2)c2ccc3c(c2)N(c2ccccc2)c2cccc4c2B3c2ccccc2N4c2ccccc2)=CC1c1ccccc1. The molecule has 0 bridgehead atoms. The summed E-state index contributed by atoms with van der Waals surface area (Å²) in [6.45, 7) is 2.39. The Balaban J connectivity index is 1.20. The Bertz CT molecular complexity index is 2500. The van der Waals surface area contributed by atoms with Gasteiger partial charge in [0.25, 0.3) is 6.71 Å². The summed E-state index contributed by atoms with van der Waals surface area (Å²) >= 11 is 0. The fraction of sp³-hybridized carbons (Fsp3) is 0.0612. The number of hydrogen-bond donors (Lipinski definition) is 0. The summed E-state index contributed by atoms with van der Waals surface area (Å²) in [7, 11) is 0. The zero-order chi connectivity index (χ0) is 35.3. The van der Waals surface area contributed by atoms with Crippen molar-refractivity contribution in [2.45, 2.75) is 12.8 Å². The van der Waals surface area contributed by atoms with Crippen LogP contribution in [-0.2, 0) is 0 Å². The minimum atomic E-state index is 0.0728. The van der Waals surface area contributed by atoms with Gasteiger partial charge in [-0.05, 0) is 101 Å². The minimum absolute atomic E-state index is 0.0728. The molecule has 0 spiro atoms. The summed E-state index contributed by atoms with van der Waals surface area (Å²) in [6.07, 6.45) is 7.13. The zero-order valence-corrected chi connectivity index (χ0v) is 29.6. The van der Waals surface area contributed by atoms with Gasteiger partial charge in [-0.1, -0.05) is 134 Å². The summed E-state index contributed by atoms with van der Waals surface area (Å²) in [5.74, 6) is 0.667. The predicted octanol–water partition coefficient (Wildman–Crippen LogP) is 10.8. The standard InChI is InChI=1S/C49H38BN3/c1-35-29-30-40(33-42(35)36-17-6-2-7-18-36)51(37-19-8-3-9-20-37)41-31-32-44-48(34-41)53(39-23-12-5-13-24-39)47-28-16-27-46-49(47)50(44)43-25-14-15-26-45(43)52(46)38-21-10-4-11-22-38/h2-35,42H,1H3. The fourth-order valence-corrected chi connectivity index (χ4v) is 8.73. The number of rotatable bonds is 6. The fourth-order valence-electron chi connectivity index (χ4n) is 8.73. The second kappa shape index (κ2) is 12.9. The van der Waals surface area contributed by atoms with E-state index in [1.807, 2.05) is 0 Å². The highest BCUT2D eigenvalue weighted by atomic mass is 15.2. The Hall–Kier alpha value is -6.52. The van der Waals surface area contributed by atoms with E-state index in [2.05, 4.69) is 222 Å². The Kier molecular flexibility index (Phi) is 7.61. The van der Waals surface area contributed by atoms with E-state index < -0.39 is 0 Å². The highest BCUT2D eigenvalue weighted by Gasteiger charge is 2.43. The lowest BCUT2D eigenvalue weighted by Gasteiger charge is -2.44. The van der Waals surface area contributed by atoms with Crippen molar-refractivity contribution in [2.75, 3.05) is 14.7 Å². The Morgan fingerprint density at radius 3 is 1.72 bits per heavy atom.